The lowest BCUT2D eigenvalue weighted by molar-refractivity contribution is -0.142. The molecule has 3 rings (SSSR count). The standard InChI is InChI=1S/C20H19F4N5O3S2/c1-10-16(18(30)27-12-5-4-6-13(9-12)34(25,31)33-3)19(29-28-17(10)20(22,23)24)32-14-7-8-15(21)26-11(14)2/h4-9,33H,1-3H3,(H2,25,31)(H,27,30)/t34-/m1/s1. The highest BCUT2D eigenvalue weighted by Gasteiger charge is 2.38. The van der Waals surface area contributed by atoms with Gasteiger partial charge in [0.1, 0.15) is 5.56 Å². The van der Waals surface area contributed by atoms with Gasteiger partial charge in [0, 0.05) is 5.69 Å². The maximum atomic E-state index is 13.4. The van der Waals surface area contributed by atoms with Crippen molar-refractivity contribution in [2.24, 2.45) is 5.14 Å². The lowest BCUT2D eigenvalue weighted by atomic mass is 10.1. The SMILES string of the molecule is C[SH]=[S@](N)(=O)c1cccc(NC(=O)c2c(Oc3ccc(F)nc3C)nnc(C(F)(F)F)c2C)c1. The Labute approximate surface area is 195 Å². The van der Waals surface area contributed by atoms with Gasteiger partial charge in [0.15, 0.2) is 11.4 Å². The van der Waals surface area contributed by atoms with Crippen LogP contribution in [0.2, 0.25) is 0 Å². The Morgan fingerprint density at radius 2 is 1.88 bits per heavy atom. The molecule has 0 aliphatic carbocycles. The number of hydrogen-bond acceptors (Lipinski definition) is 6. The molecule has 0 spiro atoms. The minimum absolute atomic E-state index is 0.0317. The van der Waals surface area contributed by atoms with Crippen LogP contribution >= 0.6 is 0 Å². The molecule has 2 heterocycles. The molecule has 1 amide bonds. The molecule has 182 valence electrons. The predicted molar refractivity (Wildman–Crippen MR) is 120 cm³/mol. The van der Waals surface area contributed by atoms with Crippen molar-refractivity contribution in [3.05, 3.63) is 64.9 Å². The highest BCUT2D eigenvalue weighted by Crippen LogP contribution is 2.35. The Balaban J connectivity index is 2.08. The number of carbonyl (C=O) groups is 1. The van der Waals surface area contributed by atoms with Gasteiger partial charge in [0.25, 0.3) is 11.8 Å². The van der Waals surface area contributed by atoms with Gasteiger partial charge in [-0.15, -0.1) is 20.5 Å². The van der Waals surface area contributed by atoms with Crippen LogP contribution in [-0.2, 0) is 25.2 Å². The zero-order valence-corrected chi connectivity index (χ0v) is 19.7. The topological polar surface area (TPSA) is 120 Å². The number of carbonyl (C=O) groups excluding carboxylic acids is 1. The second kappa shape index (κ2) is 9.64. The van der Waals surface area contributed by atoms with E-state index >= 15 is 0 Å². The Bertz CT molecular complexity index is 1390. The molecule has 0 aliphatic rings. The molecule has 8 nitrogen and oxygen atoms in total. The fourth-order valence-corrected chi connectivity index (χ4v) is 4.65. The van der Waals surface area contributed by atoms with Gasteiger partial charge in [0.2, 0.25) is 5.95 Å². The van der Waals surface area contributed by atoms with Crippen LogP contribution in [0.4, 0.5) is 23.2 Å². The number of nitrogens with one attached hydrogen (secondary N) is 1. The summed E-state index contributed by atoms with van der Waals surface area (Å²) in [6.45, 7) is 2.46. The number of halogens is 4. The third-order valence-electron chi connectivity index (χ3n) is 4.59. The van der Waals surface area contributed by atoms with Crippen LogP contribution in [0, 0.1) is 19.8 Å². The monoisotopic (exact) mass is 517 g/mol. The summed E-state index contributed by atoms with van der Waals surface area (Å²) in [6, 6.07) is 7.99. The first-order chi connectivity index (χ1) is 15.8. The summed E-state index contributed by atoms with van der Waals surface area (Å²) in [5, 5.41) is 14.9. The van der Waals surface area contributed by atoms with E-state index in [2.05, 4.69) is 20.5 Å². The lowest BCUT2D eigenvalue weighted by Crippen LogP contribution is -2.21. The van der Waals surface area contributed by atoms with E-state index in [0.29, 0.717) is 10.3 Å². The molecular weight excluding hydrogens is 498 g/mol. The molecule has 0 unspecified atom stereocenters. The largest absolute Gasteiger partial charge is 0.435 e. The van der Waals surface area contributed by atoms with E-state index in [4.69, 9.17) is 9.88 Å². The molecule has 0 bridgehead atoms. The summed E-state index contributed by atoms with van der Waals surface area (Å²) in [5.41, 5.74) is -2.23. The summed E-state index contributed by atoms with van der Waals surface area (Å²) in [6.07, 6.45) is -3.28. The highest BCUT2D eigenvalue weighted by atomic mass is 32.9. The molecule has 1 aromatic carbocycles. The Kier molecular flexibility index (Phi) is 7.24. The van der Waals surface area contributed by atoms with Gasteiger partial charge in [-0.05, 0) is 56.0 Å². The minimum Gasteiger partial charge on any atom is -0.435 e. The summed E-state index contributed by atoms with van der Waals surface area (Å²) in [5.74, 6) is -2.35. The number of alkyl halides is 3. The first kappa shape index (κ1) is 25.5. The third kappa shape index (κ3) is 5.51. The number of hydrogen-bond donors (Lipinski definition) is 3. The molecular formula is C20H19F4N5O3S2. The van der Waals surface area contributed by atoms with Crippen molar-refractivity contribution in [1.82, 2.24) is 15.2 Å². The number of pyridine rings is 1. The quantitative estimate of drug-likeness (QED) is 0.270. The van der Waals surface area contributed by atoms with Gasteiger partial charge in [-0.3, -0.25) is 9.93 Å². The smallest absolute Gasteiger partial charge is 0.435 e. The molecule has 14 heteroatoms. The summed E-state index contributed by atoms with van der Waals surface area (Å²) >= 11 is 0. The van der Waals surface area contributed by atoms with E-state index in [9.17, 15) is 26.6 Å². The lowest BCUT2D eigenvalue weighted by Gasteiger charge is -2.16. The molecule has 0 saturated heterocycles. The van der Waals surface area contributed by atoms with Crippen molar-refractivity contribution in [2.45, 2.75) is 24.9 Å². The number of nitrogens with zero attached hydrogens (tertiary/aromatic N) is 3. The Hall–Kier alpha value is -3.10. The van der Waals surface area contributed by atoms with Crippen LogP contribution in [0.25, 0.3) is 0 Å². The van der Waals surface area contributed by atoms with Crippen LogP contribution in [0.1, 0.15) is 27.3 Å². The first-order valence-corrected chi connectivity index (χ1v) is 13.0. The number of amides is 1. The zero-order chi connectivity index (χ0) is 25.3. The van der Waals surface area contributed by atoms with Crippen molar-refractivity contribution in [2.75, 3.05) is 11.6 Å². The first-order valence-electron chi connectivity index (χ1n) is 9.43. The number of nitrogens with two attached hydrogens (primary N) is 1. The predicted octanol–water partition coefficient (Wildman–Crippen LogP) is 3.57. The van der Waals surface area contributed by atoms with E-state index in [-0.39, 0.29) is 22.0 Å². The number of anilines is 1. The summed E-state index contributed by atoms with van der Waals surface area (Å²) in [4.78, 5) is 16.9. The van der Waals surface area contributed by atoms with Crippen LogP contribution in [0.5, 0.6) is 11.6 Å². The van der Waals surface area contributed by atoms with Gasteiger partial charge in [-0.1, -0.05) is 6.07 Å². The molecule has 3 N–H and O–H groups in total. The van der Waals surface area contributed by atoms with Gasteiger partial charge < -0.3 is 10.1 Å². The van der Waals surface area contributed by atoms with E-state index < -0.39 is 49.4 Å². The average Bonchev–Trinajstić information content (AvgIpc) is 2.75. The van der Waals surface area contributed by atoms with Crippen LogP contribution in [0.3, 0.4) is 0 Å². The summed E-state index contributed by atoms with van der Waals surface area (Å²) < 4.78 is 71.6. The fraction of sp³-hybridized carbons (Fsp3) is 0.200. The van der Waals surface area contributed by atoms with Gasteiger partial charge in [-0.2, -0.15) is 17.6 Å². The second-order valence-corrected chi connectivity index (χ2v) is 11.6. The van der Waals surface area contributed by atoms with E-state index in [1.165, 1.54) is 37.3 Å². The Morgan fingerprint density at radius 1 is 1.18 bits per heavy atom. The van der Waals surface area contributed by atoms with E-state index in [0.717, 1.165) is 13.0 Å². The fourth-order valence-electron chi connectivity index (χ4n) is 2.89. The van der Waals surface area contributed by atoms with Crippen LogP contribution in [-0.4, -0.2) is 31.6 Å². The van der Waals surface area contributed by atoms with E-state index in [1.54, 1.807) is 6.26 Å². The molecule has 0 aliphatic heterocycles. The highest BCUT2D eigenvalue weighted by molar-refractivity contribution is 8.38. The maximum absolute atomic E-state index is 13.4. The molecule has 34 heavy (non-hydrogen) atoms. The number of ether oxygens (including phenoxy) is 1. The molecule has 3 aromatic rings. The molecule has 2 aromatic heterocycles. The Morgan fingerprint density at radius 3 is 2.50 bits per heavy atom. The molecule has 1 atom stereocenters. The van der Waals surface area contributed by atoms with E-state index in [1.807, 2.05) is 0 Å². The number of aryl methyl sites for hydroxylation is 1. The maximum Gasteiger partial charge on any atom is 0.435 e. The number of thiol groups is 1. The van der Waals surface area contributed by atoms with Gasteiger partial charge in [0.05, 0.1) is 19.3 Å². The molecule has 0 fully saturated rings. The molecule has 0 radical (unpaired) electrons. The number of rotatable bonds is 5. The van der Waals surface area contributed by atoms with Crippen molar-refractivity contribution in [3.8, 4) is 11.6 Å². The van der Waals surface area contributed by atoms with Crippen molar-refractivity contribution >= 4 is 30.6 Å². The van der Waals surface area contributed by atoms with Gasteiger partial charge >= 0.3 is 6.18 Å². The van der Waals surface area contributed by atoms with Crippen LogP contribution in [0.15, 0.2) is 41.3 Å². The van der Waals surface area contributed by atoms with Crippen LogP contribution < -0.4 is 15.2 Å². The summed E-state index contributed by atoms with van der Waals surface area (Å²) in [7, 11) is -2.47. The average molecular weight is 518 g/mol. The second-order valence-electron chi connectivity index (χ2n) is 6.90. The van der Waals surface area contributed by atoms with Crippen molar-refractivity contribution in [3.63, 3.8) is 0 Å². The molecule has 0 saturated carbocycles. The number of benzene rings is 1. The minimum atomic E-state index is -4.89. The zero-order valence-electron chi connectivity index (χ0n) is 18.0. The van der Waals surface area contributed by atoms with Gasteiger partial charge in [-0.25, -0.2) is 9.19 Å². The number of aromatic nitrogens is 3. The third-order valence-corrected chi connectivity index (χ3v) is 8.32. The normalized spacial score (nSPS) is 13.3. The van der Waals surface area contributed by atoms with Crippen molar-refractivity contribution in [1.29, 1.82) is 0 Å². The van der Waals surface area contributed by atoms with Crippen molar-refractivity contribution < 1.29 is 31.3 Å².